The second-order valence-corrected chi connectivity index (χ2v) is 3.24. The summed E-state index contributed by atoms with van der Waals surface area (Å²) in [6.07, 6.45) is 0. The van der Waals surface area contributed by atoms with Gasteiger partial charge < -0.3 is 10.5 Å². The van der Waals surface area contributed by atoms with E-state index in [1.165, 1.54) is 0 Å². The summed E-state index contributed by atoms with van der Waals surface area (Å²) in [5.74, 6) is -0.0438. The van der Waals surface area contributed by atoms with E-state index in [0.717, 1.165) is 5.56 Å². The molecule has 3 heteroatoms. The van der Waals surface area contributed by atoms with E-state index >= 15 is 0 Å². The molecule has 0 aromatic heterocycles. The van der Waals surface area contributed by atoms with Crippen LogP contribution >= 0.6 is 0 Å². The molecule has 0 fully saturated rings. The fourth-order valence-electron chi connectivity index (χ4n) is 1.29. The molecule has 0 heterocycles. The zero-order valence-electron chi connectivity index (χ0n) is 8.49. The number of carbonyl (C=O) groups is 1. The van der Waals surface area contributed by atoms with E-state index in [2.05, 4.69) is 0 Å². The van der Waals surface area contributed by atoms with Gasteiger partial charge in [0, 0.05) is 12.7 Å². The van der Waals surface area contributed by atoms with E-state index in [-0.39, 0.29) is 5.78 Å². The van der Waals surface area contributed by atoms with Crippen molar-refractivity contribution in [2.24, 2.45) is 5.73 Å². The lowest BCUT2D eigenvalue weighted by molar-refractivity contribution is 0.0963. The Hall–Kier alpha value is -1.19. The van der Waals surface area contributed by atoms with Crippen LogP contribution in [0.15, 0.2) is 24.3 Å². The molecule has 1 rings (SSSR count). The maximum absolute atomic E-state index is 11.7. The summed E-state index contributed by atoms with van der Waals surface area (Å²) in [7, 11) is 1.60. The lowest BCUT2D eigenvalue weighted by Crippen LogP contribution is -2.27. The first-order chi connectivity index (χ1) is 6.66. The molecular formula is C11H15NO2. The molecule has 0 aliphatic carbocycles. The van der Waals surface area contributed by atoms with Crippen molar-refractivity contribution in [2.75, 3.05) is 7.11 Å². The minimum Gasteiger partial charge on any atom is -0.380 e. The number of ether oxygens (including phenoxy) is 1. The molecule has 76 valence electrons. The van der Waals surface area contributed by atoms with Gasteiger partial charge in [-0.1, -0.05) is 24.3 Å². The predicted octanol–water partition coefficient (Wildman–Crippen LogP) is 1.36. The molecule has 14 heavy (non-hydrogen) atoms. The van der Waals surface area contributed by atoms with Crippen LogP contribution in [0.4, 0.5) is 0 Å². The molecule has 1 aromatic carbocycles. The van der Waals surface area contributed by atoms with E-state index in [9.17, 15) is 4.79 Å². The molecular weight excluding hydrogens is 178 g/mol. The normalized spacial score (nSPS) is 12.5. The number of benzene rings is 1. The van der Waals surface area contributed by atoms with Gasteiger partial charge in [-0.3, -0.25) is 4.79 Å². The quantitative estimate of drug-likeness (QED) is 0.734. The summed E-state index contributed by atoms with van der Waals surface area (Å²) in [4.78, 5) is 11.7. The van der Waals surface area contributed by atoms with E-state index in [1.54, 1.807) is 20.1 Å². The third kappa shape index (κ3) is 2.40. The van der Waals surface area contributed by atoms with Gasteiger partial charge in [0.25, 0.3) is 0 Å². The van der Waals surface area contributed by atoms with Crippen molar-refractivity contribution in [1.29, 1.82) is 0 Å². The molecule has 2 N–H and O–H groups in total. The number of hydrogen-bond donors (Lipinski definition) is 1. The number of rotatable bonds is 4. The smallest absolute Gasteiger partial charge is 0.179 e. The lowest BCUT2D eigenvalue weighted by Gasteiger charge is -2.09. The molecule has 0 saturated carbocycles. The molecule has 0 bridgehead atoms. The van der Waals surface area contributed by atoms with Gasteiger partial charge in [0.15, 0.2) is 5.78 Å². The first kappa shape index (κ1) is 10.9. The number of ketones is 1. The highest BCUT2D eigenvalue weighted by atomic mass is 16.5. The second kappa shape index (κ2) is 4.88. The van der Waals surface area contributed by atoms with E-state index in [1.807, 2.05) is 18.2 Å². The van der Waals surface area contributed by atoms with Gasteiger partial charge in [0.05, 0.1) is 12.6 Å². The van der Waals surface area contributed by atoms with Gasteiger partial charge in [-0.15, -0.1) is 0 Å². The zero-order valence-corrected chi connectivity index (χ0v) is 8.49. The van der Waals surface area contributed by atoms with Crippen LogP contribution in [-0.2, 0) is 11.3 Å². The summed E-state index contributed by atoms with van der Waals surface area (Å²) in [5.41, 5.74) is 7.09. The van der Waals surface area contributed by atoms with Crippen LogP contribution in [0, 0.1) is 0 Å². The molecule has 0 radical (unpaired) electrons. The lowest BCUT2D eigenvalue weighted by atomic mass is 10.0. The highest BCUT2D eigenvalue weighted by molar-refractivity contribution is 6.00. The van der Waals surface area contributed by atoms with Crippen molar-refractivity contribution in [2.45, 2.75) is 19.6 Å². The first-order valence-electron chi connectivity index (χ1n) is 4.53. The number of nitrogens with two attached hydrogens (primary N) is 1. The number of methoxy groups -OCH3 is 1. The van der Waals surface area contributed by atoms with E-state index < -0.39 is 6.04 Å². The van der Waals surface area contributed by atoms with Crippen LogP contribution < -0.4 is 5.73 Å². The van der Waals surface area contributed by atoms with Gasteiger partial charge in [-0.2, -0.15) is 0 Å². The maximum Gasteiger partial charge on any atom is 0.179 e. The Kier molecular flexibility index (Phi) is 3.80. The summed E-state index contributed by atoms with van der Waals surface area (Å²) in [6.45, 7) is 2.13. The van der Waals surface area contributed by atoms with Gasteiger partial charge >= 0.3 is 0 Å². The fourth-order valence-corrected chi connectivity index (χ4v) is 1.29. The monoisotopic (exact) mass is 193 g/mol. The maximum atomic E-state index is 11.7. The fraction of sp³-hybridized carbons (Fsp3) is 0.364. The van der Waals surface area contributed by atoms with E-state index in [0.29, 0.717) is 12.2 Å². The minimum absolute atomic E-state index is 0.0438. The van der Waals surface area contributed by atoms with Crippen LogP contribution in [0.3, 0.4) is 0 Å². The van der Waals surface area contributed by atoms with Crippen LogP contribution in [0.25, 0.3) is 0 Å². The molecule has 1 aromatic rings. The molecule has 3 nitrogen and oxygen atoms in total. The van der Waals surface area contributed by atoms with Gasteiger partial charge in [-0.25, -0.2) is 0 Å². The van der Waals surface area contributed by atoms with Crippen LogP contribution in [0.5, 0.6) is 0 Å². The molecule has 1 atom stereocenters. The molecule has 0 amide bonds. The Labute approximate surface area is 83.9 Å². The Balaban J connectivity index is 3.00. The second-order valence-electron chi connectivity index (χ2n) is 3.24. The van der Waals surface area contributed by atoms with Crippen LogP contribution in [-0.4, -0.2) is 18.9 Å². The Morgan fingerprint density at radius 2 is 2.14 bits per heavy atom. The molecule has 0 aliphatic heterocycles. The number of Topliss-reactive ketones (excluding diaryl/α,β-unsaturated/α-hetero) is 1. The van der Waals surface area contributed by atoms with Gasteiger partial charge in [0.1, 0.15) is 0 Å². The molecule has 1 unspecified atom stereocenters. The Bertz CT molecular complexity index is 321. The summed E-state index contributed by atoms with van der Waals surface area (Å²) in [5, 5.41) is 0. The number of carbonyl (C=O) groups excluding carboxylic acids is 1. The van der Waals surface area contributed by atoms with Crippen molar-refractivity contribution in [3.63, 3.8) is 0 Å². The molecule has 0 aliphatic rings. The zero-order chi connectivity index (χ0) is 10.6. The molecule has 0 spiro atoms. The third-order valence-corrected chi connectivity index (χ3v) is 2.00. The Morgan fingerprint density at radius 1 is 1.50 bits per heavy atom. The highest BCUT2D eigenvalue weighted by Gasteiger charge is 2.13. The van der Waals surface area contributed by atoms with Gasteiger partial charge in [-0.05, 0) is 12.5 Å². The predicted molar refractivity (Wildman–Crippen MR) is 55.1 cm³/mol. The standard InChI is InChI=1S/C11H15NO2/c1-8(12)11(13)10-6-4-3-5-9(10)7-14-2/h3-6,8H,7,12H2,1-2H3. The van der Waals surface area contributed by atoms with E-state index in [4.69, 9.17) is 10.5 Å². The summed E-state index contributed by atoms with van der Waals surface area (Å²) in [6, 6.07) is 6.90. The Morgan fingerprint density at radius 3 is 2.71 bits per heavy atom. The van der Waals surface area contributed by atoms with Crippen LogP contribution in [0.1, 0.15) is 22.8 Å². The average molecular weight is 193 g/mol. The third-order valence-electron chi connectivity index (χ3n) is 2.00. The largest absolute Gasteiger partial charge is 0.380 e. The first-order valence-corrected chi connectivity index (χ1v) is 4.53. The van der Waals surface area contributed by atoms with Crippen molar-refractivity contribution in [1.82, 2.24) is 0 Å². The minimum atomic E-state index is -0.465. The average Bonchev–Trinajstić information content (AvgIpc) is 2.18. The van der Waals surface area contributed by atoms with Gasteiger partial charge in [0.2, 0.25) is 0 Å². The molecule has 0 saturated heterocycles. The number of hydrogen-bond acceptors (Lipinski definition) is 3. The highest BCUT2D eigenvalue weighted by Crippen LogP contribution is 2.11. The van der Waals surface area contributed by atoms with Crippen molar-refractivity contribution >= 4 is 5.78 Å². The van der Waals surface area contributed by atoms with Crippen molar-refractivity contribution in [3.05, 3.63) is 35.4 Å². The topological polar surface area (TPSA) is 52.3 Å². The van der Waals surface area contributed by atoms with Crippen LogP contribution in [0.2, 0.25) is 0 Å². The summed E-state index contributed by atoms with van der Waals surface area (Å²) < 4.78 is 5.01. The SMILES string of the molecule is COCc1ccccc1C(=O)C(C)N. The van der Waals surface area contributed by atoms with Crippen molar-refractivity contribution < 1.29 is 9.53 Å². The summed E-state index contributed by atoms with van der Waals surface area (Å²) >= 11 is 0. The van der Waals surface area contributed by atoms with Crippen molar-refractivity contribution in [3.8, 4) is 0 Å².